The molecule has 0 saturated carbocycles. The normalized spacial score (nSPS) is 21.6. The maximum atomic E-state index is 12.3. The highest BCUT2D eigenvalue weighted by Crippen LogP contribution is 2.29. The molecule has 2 aromatic rings. The summed E-state index contributed by atoms with van der Waals surface area (Å²) in [6.45, 7) is 2.95. The van der Waals surface area contributed by atoms with Gasteiger partial charge in [-0.1, -0.05) is 6.07 Å². The SMILES string of the molecule is Cn1ccc2ccc(NC(=O)C3(C)CCOC3)cc2c1=O. The Morgan fingerprint density at radius 1 is 1.38 bits per heavy atom. The fraction of sp³-hybridized carbons (Fsp3) is 0.375. The van der Waals surface area contributed by atoms with Crippen molar-refractivity contribution in [3.05, 3.63) is 40.8 Å². The molecule has 1 aromatic carbocycles. The summed E-state index contributed by atoms with van der Waals surface area (Å²) in [5.41, 5.74) is 0.0827. The average molecular weight is 286 g/mol. The van der Waals surface area contributed by atoms with Crippen LogP contribution in [0.1, 0.15) is 13.3 Å². The number of carbonyl (C=O) groups is 1. The van der Waals surface area contributed by atoms with E-state index >= 15 is 0 Å². The van der Waals surface area contributed by atoms with Crippen LogP contribution in [0.3, 0.4) is 0 Å². The summed E-state index contributed by atoms with van der Waals surface area (Å²) in [6.07, 6.45) is 2.45. The van der Waals surface area contributed by atoms with Crippen LogP contribution in [0.25, 0.3) is 10.8 Å². The van der Waals surface area contributed by atoms with E-state index in [-0.39, 0.29) is 11.5 Å². The van der Waals surface area contributed by atoms with Gasteiger partial charge in [0.25, 0.3) is 5.56 Å². The van der Waals surface area contributed by atoms with Gasteiger partial charge in [0.1, 0.15) is 0 Å². The lowest BCUT2D eigenvalue weighted by atomic mass is 9.89. The molecule has 1 unspecified atom stereocenters. The molecule has 5 heteroatoms. The van der Waals surface area contributed by atoms with Crippen LogP contribution >= 0.6 is 0 Å². The predicted molar refractivity (Wildman–Crippen MR) is 81.4 cm³/mol. The van der Waals surface area contributed by atoms with Gasteiger partial charge in [-0.15, -0.1) is 0 Å². The third-order valence-corrected chi connectivity index (χ3v) is 4.11. The van der Waals surface area contributed by atoms with Gasteiger partial charge in [-0.05, 0) is 36.9 Å². The van der Waals surface area contributed by atoms with Crippen molar-refractivity contribution in [1.29, 1.82) is 0 Å². The molecular formula is C16H18N2O3. The molecule has 0 spiro atoms. The van der Waals surface area contributed by atoms with Crippen molar-refractivity contribution in [2.75, 3.05) is 18.5 Å². The average Bonchev–Trinajstić information content (AvgIpc) is 2.92. The number of hydrogen-bond acceptors (Lipinski definition) is 3. The third-order valence-electron chi connectivity index (χ3n) is 4.11. The molecule has 1 amide bonds. The van der Waals surface area contributed by atoms with Crippen molar-refractivity contribution in [3.8, 4) is 0 Å². The Balaban J connectivity index is 1.93. The first kappa shape index (κ1) is 13.8. The fourth-order valence-electron chi connectivity index (χ4n) is 2.54. The van der Waals surface area contributed by atoms with E-state index in [2.05, 4.69) is 5.32 Å². The molecular weight excluding hydrogens is 268 g/mol. The van der Waals surface area contributed by atoms with E-state index in [0.717, 1.165) is 5.39 Å². The van der Waals surface area contributed by atoms with E-state index in [9.17, 15) is 9.59 Å². The Kier molecular flexibility index (Phi) is 3.29. The maximum absolute atomic E-state index is 12.3. The standard InChI is InChI=1S/C16H18N2O3/c1-16(6-8-21-10-16)15(20)17-12-4-3-11-5-7-18(2)14(19)13(11)9-12/h3-5,7,9H,6,8,10H2,1-2H3,(H,17,20). The topological polar surface area (TPSA) is 60.3 Å². The van der Waals surface area contributed by atoms with Gasteiger partial charge in [-0.2, -0.15) is 0 Å². The van der Waals surface area contributed by atoms with Crippen LogP contribution in [0.5, 0.6) is 0 Å². The fourth-order valence-corrected chi connectivity index (χ4v) is 2.54. The molecule has 21 heavy (non-hydrogen) atoms. The highest BCUT2D eigenvalue weighted by atomic mass is 16.5. The smallest absolute Gasteiger partial charge is 0.258 e. The van der Waals surface area contributed by atoms with E-state index in [4.69, 9.17) is 4.74 Å². The van der Waals surface area contributed by atoms with Gasteiger partial charge in [-0.25, -0.2) is 0 Å². The zero-order valence-corrected chi connectivity index (χ0v) is 12.2. The number of fused-ring (bicyclic) bond motifs is 1. The highest BCUT2D eigenvalue weighted by molar-refractivity contribution is 5.97. The number of amides is 1. The van der Waals surface area contributed by atoms with Crippen LogP contribution in [-0.4, -0.2) is 23.7 Å². The second-order valence-corrected chi connectivity index (χ2v) is 5.85. The number of nitrogens with one attached hydrogen (secondary N) is 1. The van der Waals surface area contributed by atoms with Gasteiger partial charge in [0.05, 0.1) is 12.0 Å². The summed E-state index contributed by atoms with van der Waals surface area (Å²) < 4.78 is 6.84. The van der Waals surface area contributed by atoms with Gasteiger partial charge in [-0.3, -0.25) is 9.59 Å². The number of carbonyl (C=O) groups excluding carboxylic acids is 1. The van der Waals surface area contributed by atoms with E-state index < -0.39 is 5.41 Å². The molecule has 2 heterocycles. The largest absolute Gasteiger partial charge is 0.380 e. The van der Waals surface area contributed by atoms with E-state index in [1.54, 1.807) is 19.3 Å². The Labute approximate surface area is 122 Å². The number of anilines is 1. The number of aromatic nitrogens is 1. The molecule has 0 radical (unpaired) electrons. The second-order valence-electron chi connectivity index (χ2n) is 5.85. The van der Waals surface area contributed by atoms with Crippen LogP contribution in [-0.2, 0) is 16.6 Å². The summed E-state index contributed by atoms with van der Waals surface area (Å²) in [5.74, 6) is -0.0629. The van der Waals surface area contributed by atoms with Gasteiger partial charge >= 0.3 is 0 Å². The molecule has 1 aromatic heterocycles. The molecule has 1 saturated heterocycles. The van der Waals surface area contributed by atoms with Gasteiger partial charge in [0.2, 0.25) is 5.91 Å². The summed E-state index contributed by atoms with van der Waals surface area (Å²) >= 11 is 0. The third kappa shape index (κ3) is 2.45. The minimum absolute atomic E-state index is 0.0629. The van der Waals surface area contributed by atoms with Crippen molar-refractivity contribution in [2.45, 2.75) is 13.3 Å². The first-order valence-corrected chi connectivity index (χ1v) is 6.98. The number of rotatable bonds is 2. The molecule has 0 aliphatic carbocycles. The van der Waals surface area contributed by atoms with Crippen LogP contribution in [0.4, 0.5) is 5.69 Å². The van der Waals surface area contributed by atoms with Crippen molar-refractivity contribution in [1.82, 2.24) is 4.57 Å². The molecule has 1 atom stereocenters. The zero-order valence-electron chi connectivity index (χ0n) is 12.2. The lowest BCUT2D eigenvalue weighted by Crippen LogP contribution is -2.33. The molecule has 1 N–H and O–H groups in total. The summed E-state index contributed by atoms with van der Waals surface area (Å²) in [4.78, 5) is 24.5. The number of aryl methyl sites for hydroxylation is 1. The maximum Gasteiger partial charge on any atom is 0.258 e. The minimum Gasteiger partial charge on any atom is -0.380 e. The van der Waals surface area contributed by atoms with Crippen LogP contribution in [0, 0.1) is 5.41 Å². The lowest BCUT2D eigenvalue weighted by molar-refractivity contribution is -0.124. The van der Waals surface area contributed by atoms with Crippen LogP contribution < -0.4 is 10.9 Å². The first-order chi connectivity index (χ1) is 9.99. The summed E-state index contributed by atoms with van der Waals surface area (Å²) in [6, 6.07) is 7.28. The predicted octanol–water partition coefficient (Wildman–Crippen LogP) is 1.90. The van der Waals surface area contributed by atoms with Crippen molar-refractivity contribution < 1.29 is 9.53 Å². The van der Waals surface area contributed by atoms with Crippen molar-refractivity contribution in [2.24, 2.45) is 12.5 Å². The van der Waals surface area contributed by atoms with E-state index in [0.29, 0.717) is 30.7 Å². The Morgan fingerprint density at radius 3 is 2.90 bits per heavy atom. The van der Waals surface area contributed by atoms with Crippen molar-refractivity contribution in [3.63, 3.8) is 0 Å². The molecule has 3 rings (SSSR count). The number of ether oxygens (including phenoxy) is 1. The van der Waals surface area contributed by atoms with Gasteiger partial charge < -0.3 is 14.6 Å². The Hall–Kier alpha value is -2.14. The number of nitrogens with zero attached hydrogens (tertiary/aromatic N) is 1. The van der Waals surface area contributed by atoms with Crippen molar-refractivity contribution >= 4 is 22.4 Å². The molecule has 5 nitrogen and oxygen atoms in total. The number of benzene rings is 1. The molecule has 1 fully saturated rings. The molecule has 1 aliphatic rings. The van der Waals surface area contributed by atoms with Crippen LogP contribution in [0.15, 0.2) is 35.3 Å². The molecule has 110 valence electrons. The Bertz CT molecular complexity index is 758. The zero-order chi connectivity index (χ0) is 15.0. The second kappa shape index (κ2) is 5.00. The molecule has 0 bridgehead atoms. The summed E-state index contributed by atoms with van der Waals surface area (Å²) in [7, 11) is 1.71. The quantitative estimate of drug-likeness (QED) is 0.917. The van der Waals surface area contributed by atoms with Crippen LogP contribution in [0.2, 0.25) is 0 Å². The molecule has 1 aliphatic heterocycles. The number of hydrogen-bond donors (Lipinski definition) is 1. The first-order valence-electron chi connectivity index (χ1n) is 6.98. The summed E-state index contributed by atoms with van der Waals surface area (Å²) in [5, 5.41) is 4.37. The highest BCUT2D eigenvalue weighted by Gasteiger charge is 2.37. The lowest BCUT2D eigenvalue weighted by Gasteiger charge is -2.20. The minimum atomic E-state index is -0.489. The Morgan fingerprint density at radius 2 is 2.19 bits per heavy atom. The van der Waals surface area contributed by atoms with E-state index in [1.165, 1.54) is 4.57 Å². The van der Waals surface area contributed by atoms with E-state index in [1.807, 2.05) is 25.1 Å². The van der Waals surface area contributed by atoms with Gasteiger partial charge in [0.15, 0.2) is 0 Å². The van der Waals surface area contributed by atoms with Gasteiger partial charge in [0, 0.05) is 30.9 Å². The monoisotopic (exact) mass is 286 g/mol. The number of pyridine rings is 1.